The molecule has 1 amide bonds. The van der Waals surface area contributed by atoms with E-state index in [4.69, 9.17) is 9.15 Å². The van der Waals surface area contributed by atoms with E-state index in [0.29, 0.717) is 35.2 Å². The van der Waals surface area contributed by atoms with Gasteiger partial charge in [-0.1, -0.05) is 23.8 Å². The van der Waals surface area contributed by atoms with Crippen LogP contribution >= 0.6 is 0 Å². The molecular weight excluding hydrogens is 358 g/mol. The Morgan fingerprint density at radius 1 is 1.14 bits per heavy atom. The number of ether oxygens (including phenoxy) is 1. The Morgan fingerprint density at radius 3 is 2.57 bits per heavy atom. The summed E-state index contributed by atoms with van der Waals surface area (Å²) in [6, 6.07) is 12.1. The van der Waals surface area contributed by atoms with E-state index in [1.807, 2.05) is 25.1 Å². The maximum Gasteiger partial charge on any atom is 0.290 e. The predicted molar refractivity (Wildman–Crippen MR) is 105 cm³/mol. The number of fused-ring (bicyclic) bond motifs is 2. The number of aliphatic hydroxyl groups excluding tert-OH is 1. The number of amides is 1. The second kappa shape index (κ2) is 7.13. The van der Waals surface area contributed by atoms with Crippen molar-refractivity contribution in [3.63, 3.8) is 0 Å². The van der Waals surface area contributed by atoms with E-state index >= 15 is 0 Å². The third kappa shape index (κ3) is 2.86. The van der Waals surface area contributed by atoms with Crippen molar-refractivity contribution in [2.45, 2.75) is 19.4 Å². The second-order valence-corrected chi connectivity index (χ2v) is 6.93. The zero-order valence-corrected chi connectivity index (χ0v) is 15.8. The number of hydrogen-bond acceptors (Lipinski definition) is 5. The average Bonchev–Trinajstić information content (AvgIpc) is 2.99. The maximum atomic E-state index is 13.3. The molecule has 0 spiro atoms. The Bertz CT molecular complexity index is 1100. The van der Waals surface area contributed by atoms with E-state index in [9.17, 15) is 14.7 Å². The van der Waals surface area contributed by atoms with Gasteiger partial charge in [-0.3, -0.25) is 9.59 Å². The Labute approximate surface area is 162 Å². The van der Waals surface area contributed by atoms with Crippen molar-refractivity contribution >= 4 is 16.9 Å². The van der Waals surface area contributed by atoms with Crippen molar-refractivity contribution in [1.29, 1.82) is 0 Å². The van der Waals surface area contributed by atoms with Gasteiger partial charge < -0.3 is 19.2 Å². The highest BCUT2D eigenvalue weighted by molar-refractivity contribution is 5.99. The van der Waals surface area contributed by atoms with Gasteiger partial charge in [0, 0.05) is 13.2 Å². The SMILES string of the molecule is COc1ccc([C@H]2c3c(oc4ccc(C)cc4c3=O)C(=O)N2CCCO)cc1. The first-order valence-electron chi connectivity index (χ1n) is 9.18. The van der Waals surface area contributed by atoms with Gasteiger partial charge in [-0.05, 0) is 43.2 Å². The van der Waals surface area contributed by atoms with Crippen LogP contribution in [-0.4, -0.2) is 36.2 Å². The molecule has 0 fully saturated rings. The van der Waals surface area contributed by atoms with Crippen LogP contribution in [0.2, 0.25) is 0 Å². The molecule has 0 aliphatic carbocycles. The Hall–Kier alpha value is -3.12. The smallest absolute Gasteiger partial charge is 0.290 e. The van der Waals surface area contributed by atoms with Crippen molar-refractivity contribution in [3.05, 3.63) is 75.1 Å². The minimum absolute atomic E-state index is 0.0436. The van der Waals surface area contributed by atoms with Crippen LogP contribution in [0.3, 0.4) is 0 Å². The Kier molecular flexibility index (Phi) is 4.65. The molecule has 1 aliphatic rings. The lowest BCUT2D eigenvalue weighted by Gasteiger charge is -2.25. The molecule has 4 rings (SSSR count). The fraction of sp³-hybridized carbons (Fsp3) is 0.273. The summed E-state index contributed by atoms with van der Waals surface area (Å²) >= 11 is 0. The number of aliphatic hydroxyl groups is 1. The quantitative estimate of drug-likeness (QED) is 0.737. The number of benzene rings is 2. The lowest BCUT2D eigenvalue weighted by molar-refractivity contribution is 0.0716. The van der Waals surface area contributed by atoms with Gasteiger partial charge in [0.05, 0.1) is 24.1 Å². The fourth-order valence-corrected chi connectivity index (χ4v) is 3.74. The van der Waals surface area contributed by atoms with Crippen LogP contribution in [0, 0.1) is 6.92 Å². The number of methoxy groups -OCH3 is 1. The zero-order valence-electron chi connectivity index (χ0n) is 15.8. The monoisotopic (exact) mass is 379 g/mol. The van der Waals surface area contributed by atoms with Crippen molar-refractivity contribution in [1.82, 2.24) is 4.90 Å². The van der Waals surface area contributed by atoms with Crippen LogP contribution < -0.4 is 10.2 Å². The highest BCUT2D eigenvalue weighted by Gasteiger charge is 2.42. The molecule has 0 radical (unpaired) electrons. The van der Waals surface area contributed by atoms with Crippen LogP contribution in [0.15, 0.2) is 51.7 Å². The van der Waals surface area contributed by atoms with E-state index < -0.39 is 6.04 Å². The standard InChI is InChI=1S/C22H21NO5/c1-13-4-9-17-16(12-13)20(25)18-19(14-5-7-15(27-2)8-6-14)23(10-3-11-24)22(26)21(18)28-17/h4-9,12,19,24H,3,10-11H2,1-2H3/t19-/m0/s1. The normalized spacial score (nSPS) is 15.9. The molecule has 144 valence electrons. The molecule has 2 aromatic carbocycles. The fourth-order valence-electron chi connectivity index (χ4n) is 3.74. The van der Waals surface area contributed by atoms with Crippen LogP contribution in [0.4, 0.5) is 0 Å². The third-order valence-corrected chi connectivity index (χ3v) is 5.11. The summed E-state index contributed by atoms with van der Waals surface area (Å²) in [5.74, 6) is 0.445. The molecule has 0 saturated carbocycles. The summed E-state index contributed by atoms with van der Waals surface area (Å²) in [5.41, 5.74) is 2.30. The number of nitrogens with zero attached hydrogens (tertiary/aromatic N) is 1. The largest absolute Gasteiger partial charge is 0.497 e. The molecule has 2 heterocycles. The summed E-state index contributed by atoms with van der Waals surface area (Å²) in [5, 5.41) is 9.72. The van der Waals surface area contributed by atoms with Crippen LogP contribution in [0.5, 0.6) is 5.75 Å². The average molecular weight is 379 g/mol. The lowest BCUT2D eigenvalue weighted by atomic mass is 9.98. The van der Waals surface area contributed by atoms with E-state index in [2.05, 4.69) is 0 Å². The van der Waals surface area contributed by atoms with E-state index in [0.717, 1.165) is 11.1 Å². The van der Waals surface area contributed by atoms with E-state index in [1.54, 1.807) is 36.3 Å². The molecule has 3 aromatic rings. The van der Waals surface area contributed by atoms with Gasteiger partial charge in [0.1, 0.15) is 11.3 Å². The molecule has 6 nitrogen and oxygen atoms in total. The van der Waals surface area contributed by atoms with Gasteiger partial charge in [0.2, 0.25) is 5.76 Å². The number of hydrogen-bond donors (Lipinski definition) is 1. The minimum atomic E-state index is -0.555. The molecule has 6 heteroatoms. The Morgan fingerprint density at radius 2 is 1.89 bits per heavy atom. The Balaban J connectivity index is 1.94. The number of rotatable bonds is 5. The van der Waals surface area contributed by atoms with Crippen molar-refractivity contribution in [3.8, 4) is 5.75 Å². The van der Waals surface area contributed by atoms with Gasteiger partial charge in [-0.2, -0.15) is 0 Å². The van der Waals surface area contributed by atoms with Gasteiger partial charge in [-0.25, -0.2) is 0 Å². The highest BCUT2D eigenvalue weighted by atomic mass is 16.5. The first-order chi connectivity index (χ1) is 13.5. The van der Waals surface area contributed by atoms with Crippen molar-refractivity contribution in [2.24, 2.45) is 0 Å². The third-order valence-electron chi connectivity index (χ3n) is 5.11. The topological polar surface area (TPSA) is 80.0 Å². The summed E-state index contributed by atoms with van der Waals surface area (Å²) in [4.78, 5) is 28.0. The summed E-state index contributed by atoms with van der Waals surface area (Å²) in [6.45, 7) is 2.19. The molecule has 1 aliphatic heterocycles. The van der Waals surface area contributed by atoms with E-state index in [-0.39, 0.29) is 23.7 Å². The molecule has 0 bridgehead atoms. The van der Waals surface area contributed by atoms with E-state index in [1.165, 1.54) is 0 Å². The number of carbonyl (C=O) groups excluding carboxylic acids is 1. The van der Waals surface area contributed by atoms with Gasteiger partial charge in [0.15, 0.2) is 5.43 Å². The molecule has 28 heavy (non-hydrogen) atoms. The highest BCUT2D eigenvalue weighted by Crippen LogP contribution is 2.38. The first-order valence-corrected chi connectivity index (χ1v) is 9.18. The van der Waals surface area contributed by atoms with Crippen LogP contribution in [-0.2, 0) is 0 Å². The van der Waals surface area contributed by atoms with Crippen LogP contribution in [0.1, 0.15) is 39.7 Å². The molecule has 1 aromatic heterocycles. The number of aryl methyl sites for hydroxylation is 1. The van der Waals surface area contributed by atoms with Crippen molar-refractivity contribution < 1.29 is 19.1 Å². The minimum Gasteiger partial charge on any atom is -0.497 e. The number of carbonyl (C=O) groups is 1. The summed E-state index contributed by atoms with van der Waals surface area (Å²) in [6.07, 6.45) is 0.416. The predicted octanol–water partition coefficient (Wildman–Crippen LogP) is 3.04. The van der Waals surface area contributed by atoms with Gasteiger partial charge in [0.25, 0.3) is 5.91 Å². The molecule has 1 atom stereocenters. The lowest BCUT2D eigenvalue weighted by Crippen LogP contribution is -2.31. The molecule has 1 N–H and O–H groups in total. The summed E-state index contributed by atoms with van der Waals surface area (Å²) in [7, 11) is 1.58. The second-order valence-electron chi connectivity index (χ2n) is 6.93. The van der Waals surface area contributed by atoms with Crippen LogP contribution in [0.25, 0.3) is 11.0 Å². The first kappa shape index (κ1) is 18.3. The van der Waals surface area contributed by atoms with Gasteiger partial charge in [-0.15, -0.1) is 0 Å². The molecule has 0 unspecified atom stereocenters. The molecular formula is C22H21NO5. The zero-order chi connectivity index (χ0) is 19.8. The summed E-state index contributed by atoms with van der Waals surface area (Å²) < 4.78 is 11.1. The molecule has 0 saturated heterocycles. The maximum absolute atomic E-state index is 13.3. The van der Waals surface area contributed by atoms with Gasteiger partial charge >= 0.3 is 0 Å². The van der Waals surface area contributed by atoms with Crippen molar-refractivity contribution in [2.75, 3.05) is 20.3 Å².